The van der Waals surface area contributed by atoms with Crippen LogP contribution in [0.25, 0.3) is 0 Å². The molecule has 0 aliphatic carbocycles. The van der Waals surface area contributed by atoms with Crippen LogP contribution in [0.1, 0.15) is 10.4 Å². The van der Waals surface area contributed by atoms with E-state index in [1.807, 2.05) is 18.2 Å². The highest BCUT2D eigenvalue weighted by atomic mass is 16.5. The maximum Gasteiger partial charge on any atom is 0.260 e. The molecule has 0 saturated carbocycles. The number of ether oxygens (including phenoxy) is 1. The van der Waals surface area contributed by atoms with Gasteiger partial charge in [-0.25, -0.2) is 9.97 Å². The molecule has 2 aromatic carbocycles. The zero-order chi connectivity index (χ0) is 20.1. The Hall–Kier alpha value is -3.61. The Kier molecular flexibility index (Phi) is 5.56. The number of hydrogen-bond donors (Lipinski definition) is 1. The Balaban J connectivity index is 1.42. The van der Waals surface area contributed by atoms with E-state index < -0.39 is 0 Å². The van der Waals surface area contributed by atoms with E-state index in [1.54, 1.807) is 25.3 Å². The second-order valence-electron chi connectivity index (χ2n) is 6.73. The van der Waals surface area contributed by atoms with Gasteiger partial charge in [0.2, 0.25) is 0 Å². The highest BCUT2D eigenvalue weighted by molar-refractivity contribution is 6.05. The molecule has 29 heavy (non-hydrogen) atoms. The van der Waals surface area contributed by atoms with Crippen LogP contribution in [-0.2, 0) is 0 Å². The van der Waals surface area contributed by atoms with E-state index in [4.69, 9.17) is 4.74 Å². The topological polar surface area (TPSA) is 70.6 Å². The molecule has 148 valence electrons. The monoisotopic (exact) mass is 389 g/mol. The number of rotatable bonds is 5. The quantitative estimate of drug-likeness (QED) is 0.723. The van der Waals surface area contributed by atoms with E-state index in [0.29, 0.717) is 17.1 Å². The first-order valence-corrected chi connectivity index (χ1v) is 9.56. The molecule has 1 aromatic heterocycles. The predicted molar refractivity (Wildman–Crippen MR) is 114 cm³/mol. The summed E-state index contributed by atoms with van der Waals surface area (Å²) in [7, 11) is 1.55. The van der Waals surface area contributed by atoms with Crippen LogP contribution < -0.4 is 19.9 Å². The molecule has 3 aromatic rings. The number of piperazine rings is 1. The molecule has 1 saturated heterocycles. The van der Waals surface area contributed by atoms with Gasteiger partial charge in [0, 0.05) is 37.9 Å². The van der Waals surface area contributed by atoms with Crippen molar-refractivity contribution in [2.75, 3.05) is 48.4 Å². The van der Waals surface area contributed by atoms with Gasteiger partial charge in [0.05, 0.1) is 12.7 Å². The fraction of sp³-hybridized carbons (Fsp3) is 0.227. The minimum absolute atomic E-state index is 0.263. The van der Waals surface area contributed by atoms with Crippen molar-refractivity contribution in [3.63, 3.8) is 0 Å². The molecule has 2 heterocycles. The standard InChI is InChI=1S/C22H23N5O2/c1-29-19-10-6-5-9-18(19)22(28)25-20-15-21(24-16-23-20)27-13-11-26(12-14-27)17-7-3-2-4-8-17/h2-10,15-16H,11-14H2,1H3,(H,23,24,25,28). The Morgan fingerprint density at radius 3 is 2.38 bits per heavy atom. The average Bonchev–Trinajstić information content (AvgIpc) is 2.80. The third-order valence-electron chi connectivity index (χ3n) is 4.97. The molecule has 1 aliphatic rings. The van der Waals surface area contributed by atoms with E-state index in [9.17, 15) is 4.79 Å². The lowest BCUT2D eigenvalue weighted by molar-refractivity contribution is 0.102. The van der Waals surface area contributed by atoms with Crippen LogP contribution in [0, 0.1) is 0 Å². The first-order valence-electron chi connectivity index (χ1n) is 9.56. The number of nitrogens with zero attached hydrogens (tertiary/aromatic N) is 4. The van der Waals surface area contributed by atoms with Gasteiger partial charge in [-0.3, -0.25) is 4.79 Å². The summed E-state index contributed by atoms with van der Waals surface area (Å²) in [6.45, 7) is 3.53. The summed E-state index contributed by atoms with van der Waals surface area (Å²) in [6, 6.07) is 19.3. The van der Waals surface area contributed by atoms with E-state index in [0.717, 1.165) is 32.0 Å². The lowest BCUT2D eigenvalue weighted by atomic mass is 10.2. The largest absolute Gasteiger partial charge is 0.496 e. The van der Waals surface area contributed by atoms with E-state index in [1.165, 1.54) is 12.0 Å². The zero-order valence-electron chi connectivity index (χ0n) is 16.3. The third-order valence-corrected chi connectivity index (χ3v) is 4.97. The van der Waals surface area contributed by atoms with Crippen LogP contribution in [0.3, 0.4) is 0 Å². The molecule has 0 bridgehead atoms. The van der Waals surface area contributed by atoms with Crippen molar-refractivity contribution in [1.82, 2.24) is 9.97 Å². The molecule has 1 aliphatic heterocycles. The summed E-state index contributed by atoms with van der Waals surface area (Å²) in [5, 5.41) is 2.84. The first kappa shape index (κ1) is 18.7. The molecule has 7 nitrogen and oxygen atoms in total. The van der Waals surface area contributed by atoms with Crippen molar-refractivity contribution in [3.05, 3.63) is 72.6 Å². The molecule has 0 spiro atoms. The lowest BCUT2D eigenvalue weighted by Gasteiger charge is -2.36. The predicted octanol–water partition coefficient (Wildman–Crippen LogP) is 3.06. The second kappa shape index (κ2) is 8.60. The maximum absolute atomic E-state index is 12.6. The normalized spacial score (nSPS) is 13.8. The number of aromatic nitrogens is 2. The van der Waals surface area contributed by atoms with Gasteiger partial charge in [-0.2, -0.15) is 0 Å². The van der Waals surface area contributed by atoms with Gasteiger partial charge in [0.25, 0.3) is 5.91 Å². The molecule has 1 amide bonds. The van der Waals surface area contributed by atoms with E-state index >= 15 is 0 Å². The Morgan fingerprint density at radius 2 is 1.62 bits per heavy atom. The summed E-state index contributed by atoms with van der Waals surface area (Å²) in [5.74, 6) is 1.54. The summed E-state index contributed by atoms with van der Waals surface area (Å²) in [4.78, 5) is 25.8. The number of carbonyl (C=O) groups excluding carboxylic acids is 1. The summed E-state index contributed by atoms with van der Waals surface area (Å²) < 4.78 is 5.26. The van der Waals surface area contributed by atoms with Crippen molar-refractivity contribution in [1.29, 1.82) is 0 Å². The van der Waals surface area contributed by atoms with Gasteiger partial charge in [-0.1, -0.05) is 30.3 Å². The number of amides is 1. The van der Waals surface area contributed by atoms with Crippen LogP contribution in [-0.4, -0.2) is 49.2 Å². The van der Waals surface area contributed by atoms with E-state index in [2.05, 4.69) is 49.4 Å². The van der Waals surface area contributed by atoms with Gasteiger partial charge in [-0.05, 0) is 24.3 Å². The summed E-state index contributed by atoms with van der Waals surface area (Å²) >= 11 is 0. The van der Waals surface area contributed by atoms with Crippen molar-refractivity contribution < 1.29 is 9.53 Å². The van der Waals surface area contributed by atoms with Crippen LogP contribution in [0.5, 0.6) is 5.75 Å². The highest BCUT2D eigenvalue weighted by Gasteiger charge is 2.19. The van der Waals surface area contributed by atoms with Crippen molar-refractivity contribution in [2.45, 2.75) is 0 Å². The van der Waals surface area contributed by atoms with Crippen LogP contribution in [0.2, 0.25) is 0 Å². The Labute approximate surface area is 170 Å². The summed E-state index contributed by atoms with van der Waals surface area (Å²) in [6.07, 6.45) is 1.48. The average molecular weight is 389 g/mol. The van der Waals surface area contributed by atoms with Gasteiger partial charge < -0.3 is 19.9 Å². The molecule has 0 unspecified atom stereocenters. The van der Waals surface area contributed by atoms with Crippen LogP contribution in [0.15, 0.2) is 67.0 Å². The molecular weight excluding hydrogens is 366 g/mol. The van der Waals surface area contributed by atoms with Crippen LogP contribution >= 0.6 is 0 Å². The van der Waals surface area contributed by atoms with Crippen molar-refractivity contribution in [2.24, 2.45) is 0 Å². The first-order chi connectivity index (χ1) is 14.2. The molecular formula is C22H23N5O2. The smallest absolute Gasteiger partial charge is 0.260 e. The number of benzene rings is 2. The highest BCUT2D eigenvalue weighted by Crippen LogP contribution is 2.22. The third kappa shape index (κ3) is 4.29. The van der Waals surface area contributed by atoms with Crippen molar-refractivity contribution in [3.8, 4) is 5.75 Å². The van der Waals surface area contributed by atoms with Gasteiger partial charge in [-0.15, -0.1) is 0 Å². The Morgan fingerprint density at radius 1 is 0.931 bits per heavy atom. The molecule has 0 radical (unpaired) electrons. The number of methoxy groups -OCH3 is 1. The molecule has 1 fully saturated rings. The van der Waals surface area contributed by atoms with Gasteiger partial charge >= 0.3 is 0 Å². The molecule has 7 heteroatoms. The summed E-state index contributed by atoms with van der Waals surface area (Å²) in [5.41, 5.74) is 1.70. The number of para-hydroxylation sites is 2. The number of hydrogen-bond acceptors (Lipinski definition) is 6. The lowest BCUT2D eigenvalue weighted by Crippen LogP contribution is -2.46. The number of nitrogens with one attached hydrogen (secondary N) is 1. The number of anilines is 3. The van der Waals surface area contributed by atoms with Gasteiger partial charge in [0.15, 0.2) is 0 Å². The minimum atomic E-state index is -0.263. The molecule has 1 N–H and O–H groups in total. The second-order valence-corrected chi connectivity index (χ2v) is 6.73. The SMILES string of the molecule is COc1ccccc1C(=O)Nc1cc(N2CCN(c3ccccc3)CC2)ncn1. The minimum Gasteiger partial charge on any atom is -0.496 e. The fourth-order valence-corrected chi connectivity index (χ4v) is 3.44. The Bertz CT molecular complexity index is 972. The van der Waals surface area contributed by atoms with E-state index in [-0.39, 0.29) is 5.91 Å². The zero-order valence-corrected chi connectivity index (χ0v) is 16.3. The fourth-order valence-electron chi connectivity index (χ4n) is 3.44. The van der Waals surface area contributed by atoms with Crippen LogP contribution in [0.4, 0.5) is 17.3 Å². The molecule has 4 rings (SSSR count). The van der Waals surface area contributed by atoms with Gasteiger partial charge in [0.1, 0.15) is 23.7 Å². The maximum atomic E-state index is 12.6. The van der Waals surface area contributed by atoms with Crippen molar-refractivity contribution >= 4 is 23.2 Å². The number of carbonyl (C=O) groups is 1. The molecule has 0 atom stereocenters.